The molecule has 1 fully saturated rings. The molecule has 1 atom stereocenters. The molecule has 1 saturated carbocycles. The molecule has 0 radical (unpaired) electrons. The Kier molecular flexibility index (Phi) is 3.70. The average molecular weight is 268 g/mol. The summed E-state index contributed by atoms with van der Waals surface area (Å²) < 4.78 is 5.79. The predicted octanol–water partition coefficient (Wildman–Crippen LogP) is 3.24. The number of ether oxygens (including phenoxy) is 1. The Morgan fingerprint density at radius 2 is 1.95 bits per heavy atom. The molecule has 1 aliphatic carbocycles. The highest BCUT2D eigenvalue weighted by atomic mass is 16.5. The van der Waals surface area contributed by atoms with Crippen molar-refractivity contribution >= 4 is 0 Å². The summed E-state index contributed by atoms with van der Waals surface area (Å²) >= 11 is 0. The summed E-state index contributed by atoms with van der Waals surface area (Å²) in [7, 11) is 1.97. The van der Waals surface area contributed by atoms with E-state index in [2.05, 4.69) is 47.6 Å². The fraction of sp³-hybridized carbons (Fsp3) is 0.353. The first-order valence-corrected chi connectivity index (χ1v) is 7.13. The molecule has 0 aliphatic heterocycles. The summed E-state index contributed by atoms with van der Waals surface area (Å²) in [5.41, 5.74) is 3.48. The van der Waals surface area contributed by atoms with Gasteiger partial charge in [0.05, 0.1) is 17.8 Å². The summed E-state index contributed by atoms with van der Waals surface area (Å²) in [4.78, 5) is 4.51. The number of aromatic nitrogens is 1. The second kappa shape index (κ2) is 5.63. The van der Waals surface area contributed by atoms with Crippen LogP contribution in [0, 0.1) is 6.92 Å². The lowest BCUT2D eigenvalue weighted by Gasteiger charge is -2.18. The van der Waals surface area contributed by atoms with Gasteiger partial charge in [-0.1, -0.05) is 18.2 Å². The van der Waals surface area contributed by atoms with Crippen LogP contribution < -0.4 is 10.1 Å². The van der Waals surface area contributed by atoms with Crippen molar-refractivity contribution in [1.29, 1.82) is 0 Å². The summed E-state index contributed by atoms with van der Waals surface area (Å²) in [6, 6.07) is 12.5. The van der Waals surface area contributed by atoms with Crippen LogP contribution in [-0.4, -0.2) is 18.1 Å². The van der Waals surface area contributed by atoms with Crippen molar-refractivity contribution in [3.63, 3.8) is 0 Å². The topological polar surface area (TPSA) is 34.1 Å². The predicted molar refractivity (Wildman–Crippen MR) is 80.0 cm³/mol. The Bertz CT molecular complexity index is 576. The Labute approximate surface area is 120 Å². The molecule has 20 heavy (non-hydrogen) atoms. The zero-order valence-corrected chi connectivity index (χ0v) is 12.0. The minimum atomic E-state index is 0.117. The third-order valence-electron chi connectivity index (χ3n) is 3.65. The van der Waals surface area contributed by atoms with Gasteiger partial charge in [0.25, 0.3) is 0 Å². The first-order valence-electron chi connectivity index (χ1n) is 7.13. The van der Waals surface area contributed by atoms with Crippen LogP contribution in [0.3, 0.4) is 0 Å². The van der Waals surface area contributed by atoms with Crippen LogP contribution in [0.25, 0.3) is 0 Å². The average Bonchev–Trinajstić information content (AvgIpc) is 3.27. The highest BCUT2D eigenvalue weighted by Crippen LogP contribution is 2.29. The first kappa shape index (κ1) is 13.1. The molecular formula is C17H20N2O. The van der Waals surface area contributed by atoms with Gasteiger partial charge in [0.2, 0.25) is 0 Å². The summed E-state index contributed by atoms with van der Waals surface area (Å²) in [5.74, 6) is 0.962. The molecule has 1 N–H and O–H groups in total. The van der Waals surface area contributed by atoms with Crippen molar-refractivity contribution < 1.29 is 4.74 Å². The van der Waals surface area contributed by atoms with Crippen LogP contribution in [0.2, 0.25) is 0 Å². The molecule has 3 nitrogen and oxygen atoms in total. The van der Waals surface area contributed by atoms with Gasteiger partial charge in [-0.3, -0.25) is 4.98 Å². The van der Waals surface area contributed by atoms with E-state index in [0.29, 0.717) is 6.10 Å². The Hall–Kier alpha value is -1.87. The maximum atomic E-state index is 5.79. The van der Waals surface area contributed by atoms with Gasteiger partial charge in [0, 0.05) is 6.20 Å². The number of hydrogen-bond donors (Lipinski definition) is 1. The molecule has 3 rings (SSSR count). The van der Waals surface area contributed by atoms with E-state index in [1.807, 2.05) is 19.3 Å². The van der Waals surface area contributed by atoms with Gasteiger partial charge in [-0.05, 0) is 56.1 Å². The van der Waals surface area contributed by atoms with Gasteiger partial charge in [-0.15, -0.1) is 0 Å². The van der Waals surface area contributed by atoms with Gasteiger partial charge in [0.15, 0.2) is 0 Å². The highest BCUT2D eigenvalue weighted by molar-refractivity contribution is 5.35. The van der Waals surface area contributed by atoms with E-state index in [-0.39, 0.29) is 6.04 Å². The second-order valence-electron chi connectivity index (χ2n) is 5.31. The van der Waals surface area contributed by atoms with Gasteiger partial charge >= 0.3 is 0 Å². The fourth-order valence-corrected chi connectivity index (χ4v) is 2.38. The molecule has 1 aromatic carbocycles. The lowest BCUT2D eigenvalue weighted by molar-refractivity contribution is 0.303. The van der Waals surface area contributed by atoms with Crippen molar-refractivity contribution in [3.8, 4) is 5.75 Å². The number of hydrogen-bond acceptors (Lipinski definition) is 3. The van der Waals surface area contributed by atoms with Crippen LogP contribution in [0.4, 0.5) is 0 Å². The minimum absolute atomic E-state index is 0.117. The molecular weight excluding hydrogens is 248 g/mol. The van der Waals surface area contributed by atoms with E-state index in [9.17, 15) is 0 Å². The Morgan fingerprint density at radius 3 is 2.55 bits per heavy atom. The largest absolute Gasteiger partial charge is 0.490 e. The molecule has 3 heteroatoms. The van der Waals surface area contributed by atoms with Crippen molar-refractivity contribution in [2.45, 2.75) is 31.9 Å². The van der Waals surface area contributed by atoms with Crippen molar-refractivity contribution in [2.75, 3.05) is 7.05 Å². The van der Waals surface area contributed by atoms with Crippen LogP contribution in [0.5, 0.6) is 5.75 Å². The SMILES string of the molecule is CNC(c1ccc(OC2CC2)cc1)c1ncccc1C. The van der Waals surface area contributed by atoms with Gasteiger partial charge in [-0.2, -0.15) is 0 Å². The van der Waals surface area contributed by atoms with Crippen LogP contribution in [-0.2, 0) is 0 Å². The number of nitrogens with zero attached hydrogens (tertiary/aromatic N) is 1. The first-order chi connectivity index (χ1) is 9.78. The lowest BCUT2D eigenvalue weighted by atomic mass is 10.00. The monoisotopic (exact) mass is 268 g/mol. The number of nitrogens with one attached hydrogen (secondary N) is 1. The third kappa shape index (κ3) is 2.83. The van der Waals surface area contributed by atoms with Gasteiger partial charge < -0.3 is 10.1 Å². The van der Waals surface area contributed by atoms with E-state index in [1.165, 1.54) is 24.0 Å². The van der Waals surface area contributed by atoms with E-state index in [4.69, 9.17) is 4.74 Å². The smallest absolute Gasteiger partial charge is 0.119 e. The highest BCUT2D eigenvalue weighted by Gasteiger charge is 2.23. The van der Waals surface area contributed by atoms with Crippen LogP contribution in [0.1, 0.15) is 35.7 Å². The molecule has 1 aromatic heterocycles. The fourth-order valence-electron chi connectivity index (χ4n) is 2.38. The van der Waals surface area contributed by atoms with Crippen LogP contribution >= 0.6 is 0 Å². The van der Waals surface area contributed by atoms with Crippen molar-refractivity contribution in [1.82, 2.24) is 10.3 Å². The van der Waals surface area contributed by atoms with E-state index in [0.717, 1.165) is 11.4 Å². The standard InChI is InChI=1S/C17H20N2O/c1-12-4-3-11-19-16(12)17(18-2)13-5-7-14(8-6-13)20-15-9-10-15/h3-8,11,15,17-18H,9-10H2,1-2H3. The molecule has 0 saturated heterocycles. The number of benzene rings is 1. The van der Waals surface area contributed by atoms with E-state index < -0.39 is 0 Å². The van der Waals surface area contributed by atoms with E-state index >= 15 is 0 Å². The second-order valence-corrected chi connectivity index (χ2v) is 5.31. The van der Waals surface area contributed by atoms with Crippen molar-refractivity contribution in [3.05, 3.63) is 59.4 Å². The molecule has 1 heterocycles. The summed E-state index contributed by atoms with van der Waals surface area (Å²) in [5, 5.41) is 3.34. The molecule has 0 spiro atoms. The molecule has 1 unspecified atom stereocenters. The Morgan fingerprint density at radius 1 is 1.20 bits per heavy atom. The molecule has 1 aliphatic rings. The summed E-state index contributed by atoms with van der Waals surface area (Å²) in [6.07, 6.45) is 4.67. The lowest BCUT2D eigenvalue weighted by Crippen LogP contribution is -2.19. The molecule has 2 aromatic rings. The zero-order valence-electron chi connectivity index (χ0n) is 12.0. The maximum absolute atomic E-state index is 5.79. The number of aryl methyl sites for hydroxylation is 1. The van der Waals surface area contributed by atoms with Gasteiger partial charge in [-0.25, -0.2) is 0 Å². The van der Waals surface area contributed by atoms with E-state index in [1.54, 1.807) is 0 Å². The molecule has 104 valence electrons. The third-order valence-corrected chi connectivity index (χ3v) is 3.65. The summed E-state index contributed by atoms with van der Waals surface area (Å²) in [6.45, 7) is 2.09. The maximum Gasteiger partial charge on any atom is 0.119 e. The zero-order chi connectivity index (χ0) is 13.9. The van der Waals surface area contributed by atoms with Gasteiger partial charge in [0.1, 0.15) is 5.75 Å². The Balaban J connectivity index is 1.83. The number of pyridine rings is 1. The molecule has 0 bridgehead atoms. The minimum Gasteiger partial charge on any atom is -0.490 e. The molecule has 0 amide bonds. The quantitative estimate of drug-likeness (QED) is 0.904. The van der Waals surface area contributed by atoms with Crippen LogP contribution in [0.15, 0.2) is 42.6 Å². The normalized spacial score (nSPS) is 15.9. The number of rotatable bonds is 5. The van der Waals surface area contributed by atoms with Crippen molar-refractivity contribution in [2.24, 2.45) is 0 Å².